The Labute approximate surface area is 155 Å². The van der Waals surface area contributed by atoms with Gasteiger partial charge in [0.05, 0.1) is 5.75 Å². The second-order valence-corrected chi connectivity index (χ2v) is 7.08. The lowest BCUT2D eigenvalue weighted by Gasteiger charge is -2.06. The quantitative estimate of drug-likeness (QED) is 0.537. The van der Waals surface area contributed by atoms with Crippen LogP contribution in [0.3, 0.4) is 0 Å². The summed E-state index contributed by atoms with van der Waals surface area (Å²) in [5, 5.41) is 0.700. The summed E-state index contributed by atoms with van der Waals surface area (Å²) in [7, 11) is 0. The van der Waals surface area contributed by atoms with Gasteiger partial charge in [0.15, 0.2) is 0 Å². The number of thioether (sulfide) groups is 1. The van der Waals surface area contributed by atoms with Gasteiger partial charge in [-0.15, -0.1) is 11.8 Å². The van der Waals surface area contributed by atoms with E-state index >= 15 is 0 Å². The van der Waals surface area contributed by atoms with Crippen LogP contribution in [0.2, 0.25) is 5.02 Å². The summed E-state index contributed by atoms with van der Waals surface area (Å²) >= 11 is 7.44. The monoisotopic (exact) mass is 372 g/mol. The van der Waals surface area contributed by atoms with Gasteiger partial charge in [0.25, 0.3) is 0 Å². The molecule has 0 bridgehead atoms. The average molecular weight is 373 g/mol. The van der Waals surface area contributed by atoms with E-state index in [0.717, 1.165) is 10.5 Å². The highest BCUT2D eigenvalue weighted by Gasteiger charge is 2.06. The van der Waals surface area contributed by atoms with Crippen LogP contribution in [0, 0.1) is 6.92 Å². The van der Waals surface area contributed by atoms with Crippen molar-refractivity contribution < 1.29 is 9.15 Å². The van der Waals surface area contributed by atoms with Gasteiger partial charge in [0, 0.05) is 16.0 Å². The molecule has 0 radical (unpaired) electrons. The van der Waals surface area contributed by atoms with E-state index < -0.39 is 0 Å². The van der Waals surface area contributed by atoms with Crippen molar-refractivity contribution in [2.45, 2.75) is 24.2 Å². The van der Waals surface area contributed by atoms with Crippen molar-refractivity contribution in [3.63, 3.8) is 0 Å². The van der Waals surface area contributed by atoms with Crippen LogP contribution in [-0.4, -0.2) is 0 Å². The van der Waals surface area contributed by atoms with Gasteiger partial charge in [0.2, 0.25) is 11.2 Å². The number of hydrogen-bond donors (Lipinski definition) is 0. The molecule has 0 atom stereocenters. The fourth-order valence-corrected chi connectivity index (χ4v) is 3.06. The van der Waals surface area contributed by atoms with Crippen molar-refractivity contribution in [1.29, 1.82) is 0 Å². The molecular formula is C20H17ClO3S. The zero-order valence-electron chi connectivity index (χ0n) is 13.7. The van der Waals surface area contributed by atoms with Crippen LogP contribution in [0.25, 0.3) is 0 Å². The Balaban J connectivity index is 1.59. The van der Waals surface area contributed by atoms with Crippen molar-refractivity contribution in [3.05, 3.63) is 93.0 Å². The van der Waals surface area contributed by atoms with Crippen molar-refractivity contribution >= 4 is 23.4 Å². The van der Waals surface area contributed by atoms with Gasteiger partial charge < -0.3 is 9.15 Å². The minimum atomic E-state index is -0.176. The molecule has 3 nitrogen and oxygen atoms in total. The lowest BCUT2D eigenvalue weighted by molar-refractivity contribution is 0.290. The topological polar surface area (TPSA) is 39.4 Å². The van der Waals surface area contributed by atoms with Gasteiger partial charge in [-0.25, -0.2) is 0 Å². The molecule has 0 unspecified atom stereocenters. The van der Waals surface area contributed by atoms with E-state index in [9.17, 15) is 4.79 Å². The van der Waals surface area contributed by atoms with E-state index in [-0.39, 0.29) is 11.2 Å². The molecule has 5 heteroatoms. The highest BCUT2D eigenvalue weighted by Crippen LogP contribution is 2.24. The van der Waals surface area contributed by atoms with Crippen molar-refractivity contribution in [2.75, 3.05) is 0 Å². The standard InChI is InChI=1S/C20H17ClO3S/c1-14-2-4-15(5-3-14)11-24-20-12-23-17(10-19(20)22)13-25-18-8-6-16(21)7-9-18/h2-10,12H,11,13H2,1H3. The van der Waals surface area contributed by atoms with E-state index in [4.69, 9.17) is 20.8 Å². The largest absolute Gasteiger partial charge is 0.482 e. The SMILES string of the molecule is Cc1ccc(COc2coc(CSc3ccc(Cl)cc3)cc2=O)cc1. The van der Waals surface area contributed by atoms with Crippen LogP contribution < -0.4 is 10.2 Å². The van der Waals surface area contributed by atoms with Crippen molar-refractivity contribution in [2.24, 2.45) is 0 Å². The molecule has 1 aromatic heterocycles. The van der Waals surface area contributed by atoms with Crippen LogP contribution in [0.5, 0.6) is 5.75 Å². The third-order valence-corrected chi connectivity index (χ3v) is 4.85. The summed E-state index contributed by atoms with van der Waals surface area (Å²) in [4.78, 5) is 13.2. The number of ether oxygens (including phenoxy) is 1. The molecule has 0 aliphatic heterocycles. The summed E-state index contributed by atoms with van der Waals surface area (Å²) in [6.07, 6.45) is 1.38. The number of hydrogen-bond acceptors (Lipinski definition) is 4. The Morgan fingerprint density at radius 3 is 2.48 bits per heavy atom. The van der Waals surface area contributed by atoms with Gasteiger partial charge in [0.1, 0.15) is 18.6 Å². The highest BCUT2D eigenvalue weighted by atomic mass is 35.5. The zero-order valence-corrected chi connectivity index (χ0v) is 15.3. The number of rotatable bonds is 6. The molecule has 25 heavy (non-hydrogen) atoms. The smallest absolute Gasteiger partial charge is 0.227 e. The summed E-state index contributed by atoms with van der Waals surface area (Å²) in [5.41, 5.74) is 2.02. The molecule has 0 aliphatic carbocycles. The first kappa shape index (κ1) is 17.6. The van der Waals surface area contributed by atoms with Crippen LogP contribution >= 0.6 is 23.4 Å². The van der Waals surface area contributed by atoms with E-state index in [1.54, 1.807) is 11.8 Å². The van der Waals surface area contributed by atoms with E-state index in [1.807, 2.05) is 55.5 Å². The maximum atomic E-state index is 12.2. The summed E-state index contributed by atoms with van der Waals surface area (Å²) < 4.78 is 11.1. The van der Waals surface area contributed by atoms with Gasteiger partial charge in [-0.2, -0.15) is 0 Å². The minimum Gasteiger partial charge on any atom is -0.482 e. The predicted octanol–water partition coefficient (Wildman–Crippen LogP) is 5.47. The summed E-state index contributed by atoms with van der Waals surface area (Å²) in [6, 6.07) is 17.0. The second-order valence-electron chi connectivity index (χ2n) is 5.59. The molecular weight excluding hydrogens is 356 g/mol. The summed E-state index contributed by atoms with van der Waals surface area (Å²) in [5.74, 6) is 1.39. The van der Waals surface area contributed by atoms with Gasteiger partial charge in [-0.1, -0.05) is 41.4 Å². The lowest BCUT2D eigenvalue weighted by Crippen LogP contribution is -2.07. The van der Waals surface area contributed by atoms with Crippen molar-refractivity contribution in [1.82, 2.24) is 0 Å². The van der Waals surface area contributed by atoms with Crippen LogP contribution in [-0.2, 0) is 12.4 Å². The maximum Gasteiger partial charge on any atom is 0.227 e. The predicted molar refractivity (Wildman–Crippen MR) is 102 cm³/mol. The molecule has 1 heterocycles. The fourth-order valence-electron chi connectivity index (χ4n) is 2.15. The van der Waals surface area contributed by atoms with Gasteiger partial charge in [-0.3, -0.25) is 4.79 Å². The van der Waals surface area contributed by atoms with Gasteiger partial charge in [-0.05, 0) is 36.8 Å². The molecule has 0 saturated carbocycles. The number of halogens is 1. The van der Waals surface area contributed by atoms with Crippen LogP contribution in [0.4, 0.5) is 0 Å². The lowest BCUT2D eigenvalue weighted by atomic mass is 10.2. The minimum absolute atomic E-state index is 0.176. The molecule has 0 saturated heterocycles. The molecule has 0 N–H and O–H groups in total. The molecule has 0 aliphatic rings. The third-order valence-electron chi connectivity index (χ3n) is 3.56. The molecule has 3 rings (SSSR count). The Morgan fingerprint density at radius 2 is 1.80 bits per heavy atom. The number of aryl methyl sites for hydroxylation is 1. The summed E-state index contributed by atoms with van der Waals surface area (Å²) in [6.45, 7) is 2.37. The second kappa shape index (κ2) is 8.28. The van der Waals surface area contributed by atoms with E-state index in [2.05, 4.69) is 0 Å². The van der Waals surface area contributed by atoms with Crippen LogP contribution in [0.1, 0.15) is 16.9 Å². The maximum absolute atomic E-state index is 12.2. The first-order valence-corrected chi connectivity index (χ1v) is 9.15. The zero-order chi connectivity index (χ0) is 17.6. The molecule has 0 fully saturated rings. The molecule has 0 amide bonds. The highest BCUT2D eigenvalue weighted by molar-refractivity contribution is 7.98. The fraction of sp³-hybridized carbons (Fsp3) is 0.150. The van der Waals surface area contributed by atoms with Gasteiger partial charge >= 0.3 is 0 Å². The molecule has 3 aromatic rings. The number of benzene rings is 2. The van der Waals surface area contributed by atoms with Crippen LogP contribution in [0.15, 0.2) is 75.0 Å². The first-order valence-electron chi connectivity index (χ1n) is 7.78. The first-order chi connectivity index (χ1) is 12.1. The normalized spacial score (nSPS) is 10.6. The van der Waals surface area contributed by atoms with Crippen molar-refractivity contribution in [3.8, 4) is 5.75 Å². The Morgan fingerprint density at radius 1 is 1.08 bits per heavy atom. The molecule has 2 aromatic carbocycles. The Kier molecular flexibility index (Phi) is 5.84. The Hall–Kier alpha value is -2.17. The van der Waals surface area contributed by atoms with E-state index in [0.29, 0.717) is 23.1 Å². The average Bonchev–Trinajstić information content (AvgIpc) is 2.62. The third kappa shape index (κ3) is 5.15. The molecule has 0 spiro atoms. The van der Waals surface area contributed by atoms with E-state index in [1.165, 1.54) is 17.9 Å². The molecule has 128 valence electrons. The Bertz CT molecular complexity index is 886.